The van der Waals surface area contributed by atoms with Crippen molar-refractivity contribution in [2.75, 3.05) is 34.0 Å². The lowest BCUT2D eigenvalue weighted by Crippen LogP contribution is -2.41. The molecule has 9 nitrogen and oxygen atoms in total. The normalized spacial score (nSPS) is 19.7. The highest BCUT2D eigenvalue weighted by molar-refractivity contribution is 5.97. The van der Waals surface area contributed by atoms with Gasteiger partial charge in [0.1, 0.15) is 24.7 Å². The van der Waals surface area contributed by atoms with Crippen molar-refractivity contribution in [3.8, 4) is 34.3 Å². The Morgan fingerprint density at radius 3 is 2.86 bits per heavy atom. The number of hydrogen-bond acceptors (Lipinski definition) is 9. The summed E-state index contributed by atoms with van der Waals surface area (Å²) < 4.78 is 28.5. The number of methoxy groups -OCH3 is 2. The summed E-state index contributed by atoms with van der Waals surface area (Å²) in [7, 11) is 3.31. The highest BCUT2D eigenvalue weighted by Gasteiger charge is 2.31. The van der Waals surface area contributed by atoms with Gasteiger partial charge in [-0.15, -0.1) is 0 Å². The first-order valence-corrected chi connectivity index (χ1v) is 12.1. The summed E-state index contributed by atoms with van der Waals surface area (Å²) in [6, 6.07) is 15.7. The van der Waals surface area contributed by atoms with E-state index >= 15 is 0 Å². The number of hydrogen-bond donors (Lipinski definition) is 1. The Bertz CT molecular complexity index is 1390. The molecule has 0 spiro atoms. The monoisotopic (exact) mass is 501 g/mol. The predicted molar refractivity (Wildman–Crippen MR) is 137 cm³/mol. The second-order valence-electron chi connectivity index (χ2n) is 8.89. The maximum Gasteiger partial charge on any atom is 0.257 e. The summed E-state index contributed by atoms with van der Waals surface area (Å²) in [5.41, 5.74) is 5.07. The SMILES string of the molecule is COc1ccc(OC)c(-c2ccc3c(c2)CCN2C3=CC(OCC3COc4ncccc4O3)=NC2O)c1. The molecule has 3 aliphatic rings. The molecule has 1 N–H and O–H groups in total. The summed E-state index contributed by atoms with van der Waals surface area (Å²) in [5, 5.41) is 10.7. The Morgan fingerprint density at radius 1 is 1.08 bits per heavy atom. The Hall–Kier alpha value is -4.24. The molecule has 9 heteroatoms. The first-order valence-electron chi connectivity index (χ1n) is 12.1. The average Bonchev–Trinajstić information content (AvgIpc) is 2.95. The van der Waals surface area contributed by atoms with E-state index in [1.54, 1.807) is 26.5 Å². The second kappa shape index (κ2) is 9.67. The molecular formula is C28H27N3O6. The van der Waals surface area contributed by atoms with Crippen LogP contribution in [0, 0.1) is 0 Å². The lowest BCUT2D eigenvalue weighted by atomic mass is 9.91. The second-order valence-corrected chi connectivity index (χ2v) is 8.89. The van der Waals surface area contributed by atoms with E-state index in [4.69, 9.17) is 23.7 Å². The molecule has 0 radical (unpaired) electrons. The molecule has 0 aliphatic carbocycles. The number of aliphatic hydroxyl groups excluding tert-OH is 1. The molecule has 3 aromatic rings. The number of benzene rings is 2. The Morgan fingerprint density at radius 2 is 2.00 bits per heavy atom. The molecule has 2 aromatic carbocycles. The van der Waals surface area contributed by atoms with Crippen LogP contribution in [0.5, 0.6) is 23.1 Å². The molecule has 0 bridgehead atoms. The van der Waals surface area contributed by atoms with Crippen molar-refractivity contribution < 1.29 is 28.8 Å². The summed E-state index contributed by atoms with van der Waals surface area (Å²) in [5.74, 6) is 2.96. The minimum absolute atomic E-state index is 0.227. The smallest absolute Gasteiger partial charge is 0.257 e. The van der Waals surface area contributed by atoms with Crippen LogP contribution in [0.25, 0.3) is 16.8 Å². The summed E-state index contributed by atoms with van der Waals surface area (Å²) in [4.78, 5) is 10.4. The van der Waals surface area contributed by atoms with Crippen molar-refractivity contribution in [1.82, 2.24) is 9.88 Å². The van der Waals surface area contributed by atoms with Crippen molar-refractivity contribution in [2.45, 2.75) is 18.9 Å². The molecule has 37 heavy (non-hydrogen) atoms. The zero-order valence-corrected chi connectivity index (χ0v) is 20.6. The zero-order chi connectivity index (χ0) is 25.4. The van der Waals surface area contributed by atoms with E-state index in [1.165, 1.54) is 5.56 Å². The van der Waals surface area contributed by atoms with Gasteiger partial charge in [-0.05, 0) is 47.9 Å². The Labute approximate surface area is 214 Å². The van der Waals surface area contributed by atoms with Crippen LogP contribution in [0.4, 0.5) is 0 Å². The molecule has 4 heterocycles. The van der Waals surface area contributed by atoms with Crippen LogP contribution < -0.4 is 18.9 Å². The van der Waals surface area contributed by atoms with Crippen LogP contribution in [-0.4, -0.2) is 67.3 Å². The lowest BCUT2D eigenvalue weighted by molar-refractivity contribution is 0.0348. The fourth-order valence-corrected chi connectivity index (χ4v) is 4.81. The number of pyridine rings is 1. The topological polar surface area (TPSA) is 94.9 Å². The molecule has 0 saturated carbocycles. The molecule has 3 aliphatic heterocycles. The highest BCUT2D eigenvalue weighted by atomic mass is 16.6. The van der Waals surface area contributed by atoms with Crippen LogP contribution in [0.1, 0.15) is 11.1 Å². The molecule has 190 valence electrons. The quantitative estimate of drug-likeness (QED) is 0.568. The number of fused-ring (bicyclic) bond motifs is 4. The molecule has 0 saturated heterocycles. The van der Waals surface area contributed by atoms with Gasteiger partial charge in [-0.2, -0.15) is 4.99 Å². The number of nitrogens with zero attached hydrogens (tertiary/aromatic N) is 3. The van der Waals surface area contributed by atoms with Crippen LogP contribution in [-0.2, 0) is 11.2 Å². The predicted octanol–water partition coefficient (Wildman–Crippen LogP) is 3.51. The van der Waals surface area contributed by atoms with Crippen molar-refractivity contribution in [2.24, 2.45) is 4.99 Å². The van der Waals surface area contributed by atoms with E-state index in [0.29, 0.717) is 30.7 Å². The van der Waals surface area contributed by atoms with Crippen molar-refractivity contribution in [3.63, 3.8) is 0 Å². The first kappa shape index (κ1) is 23.2. The van der Waals surface area contributed by atoms with Gasteiger partial charge in [0.2, 0.25) is 12.2 Å². The third kappa shape index (κ3) is 4.42. The number of rotatable bonds is 5. The van der Waals surface area contributed by atoms with Gasteiger partial charge in [-0.25, -0.2) is 4.98 Å². The maximum atomic E-state index is 10.7. The Balaban J connectivity index is 1.23. The lowest BCUT2D eigenvalue weighted by Gasteiger charge is -2.37. The molecule has 1 aromatic heterocycles. The maximum absolute atomic E-state index is 10.7. The van der Waals surface area contributed by atoms with E-state index in [1.807, 2.05) is 35.2 Å². The largest absolute Gasteiger partial charge is 0.497 e. The fourth-order valence-electron chi connectivity index (χ4n) is 4.81. The van der Waals surface area contributed by atoms with Crippen LogP contribution in [0.2, 0.25) is 0 Å². The van der Waals surface area contributed by atoms with Gasteiger partial charge in [0.15, 0.2) is 11.9 Å². The third-order valence-corrected chi connectivity index (χ3v) is 6.66. The number of aliphatic hydroxyl groups is 1. The van der Waals surface area contributed by atoms with Gasteiger partial charge in [-0.1, -0.05) is 18.2 Å². The molecule has 0 amide bonds. The van der Waals surface area contributed by atoms with Gasteiger partial charge in [0, 0.05) is 29.9 Å². The van der Waals surface area contributed by atoms with Crippen LogP contribution in [0.15, 0.2) is 65.8 Å². The number of aromatic nitrogens is 1. The standard InChI is InChI=1S/C28H27N3O6/c1-33-19-6-8-24(34-2)22(13-19)17-5-7-21-18(12-17)9-11-31-23(21)14-26(30-28(31)32)35-15-20-16-36-27-25(37-20)4-3-10-29-27/h3-8,10,12-14,20,28,32H,9,11,15-16H2,1-2H3. The highest BCUT2D eigenvalue weighted by Crippen LogP contribution is 2.38. The molecule has 6 rings (SSSR count). The zero-order valence-electron chi connectivity index (χ0n) is 20.6. The molecule has 2 unspecified atom stereocenters. The van der Waals surface area contributed by atoms with Gasteiger partial charge in [0.05, 0.1) is 19.9 Å². The van der Waals surface area contributed by atoms with E-state index in [9.17, 15) is 5.11 Å². The van der Waals surface area contributed by atoms with E-state index in [2.05, 4.69) is 28.2 Å². The fraction of sp³-hybridized carbons (Fsp3) is 0.286. The number of ether oxygens (including phenoxy) is 5. The van der Waals surface area contributed by atoms with Crippen LogP contribution >= 0.6 is 0 Å². The van der Waals surface area contributed by atoms with Crippen molar-refractivity contribution >= 4 is 11.6 Å². The molecular weight excluding hydrogens is 474 g/mol. The summed E-state index contributed by atoms with van der Waals surface area (Å²) in [6.07, 6.45) is 2.97. The minimum atomic E-state index is -1.02. The minimum Gasteiger partial charge on any atom is -0.497 e. The van der Waals surface area contributed by atoms with E-state index < -0.39 is 6.35 Å². The van der Waals surface area contributed by atoms with Crippen molar-refractivity contribution in [1.29, 1.82) is 0 Å². The average molecular weight is 502 g/mol. The van der Waals surface area contributed by atoms with Gasteiger partial charge < -0.3 is 33.7 Å². The third-order valence-electron chi connectivity index (χ3n) is 6.66. The van der Waals surface area contributed by atoms with E-state index in [0.717, 1.165) is 40.3 Å². The summed E-state index contributed by atoms with van der Waals surface area (Å²) >= 11 is 0. The van der Waals surface area contributed by atoms with E-state index in [-0.39, 0.29) is 12.7 Å². The molecule has 0 fully saturated rings. The van der Waals surface area contributed by atoms with Gasteiger partial charge in [-0.3, -0.25) is 0 Å². The van der Waals surface area contributed by atoms with Gasteiger partial charge in [0.25, 0.3) is 5.88 Å². The van der Waals surface area contributed by atoms with Crippen LogP contribution in [0.3, 0.4) is 0 Å². The van der Waals surface area contributed by atoms with Crippen molar-refractivity contribution in [3.05, 3.63) is 71.9 Å². The summed E-state index contributed by atoms with van der Waals surface area (Å²) in [6.45, 7) is 1.19. The number of aliphatic imine (C=N–C) groups is 1. The Kier molecular flexibility index (Phi) is 6.05. The van der Waals surface area contributed by atoms with Gasteiger partial charge >= 0.3 is 0 Å². The first-order chi connectivity index (χ1) is 18.1. The molecule has 2 atom stereocenters.